The van der Waals surface area contributed by atoms with Crippen molar-refractivity contribution < 1.29 is 4.42 Å². The first-order valence-corrected chi connectivity index (χ1v) is 6.25. The van der Waals surface area contributed by atoms with Crippen LogP contribution in [0.4, 0.5) is 5.69 Å². The summed E-state index contributed by atoms with van der Waals surface area (Å²) in [5.74, 6) is 0.863. The number of hydrogen-bond donors (Lipinski definition) is 1. The third kappa shape index (κ3) is 1.93. The van der Waals surface area contributed by atoms with E-state index in [4.69, 9.17) is 10.2 Å². The molecule has 3 heteroatoms. The first-order valence-electron chi connectivity index (χ1n) is 6.25. The van der Waals surface area contributed by atoms with Gasteiger partial charge in [0.25, 0.3) is 0 Å². The Morgan fingerprint density at radius 3 is 2.58 bits per heavy atom. The molecule has 2 aromatic heterocycles. The second kappa shape index (κ2) is 4.35. The molecular formula is C16H16N2O. The summed E-state index contributed by atoms with van der Waals surface area (Å²) in [5.41, 5.74) is 11.1. The number of nitrogen functional groups attached to an aromatic ring is 1. The minimum atomic E-state index is 0.813. The Balaban J connectivity index is 2.19. The van der Waals surface area contributed by atoms with Gasteiger partial charge in [0.1, 0.15) is 0 Å². The Hall–Kier alpha value is -2.42. The van der Waals surface area contributed by atoms with E-state index in [2.05, 4.69) is 29.7 Å². The highest BCUT2D eigenvalue weighted by molar-refractivity contribution is 5.61. The van der Waals surface area contributed by atoms with Crippen LogP contribution in [0.1, 0.15) is 11.3 Å². The van der Waals surface area contributed by atoms with Crippen LogP contribution in [-0.4, -0.2) is 4.57 Å². The van der Waals surface area contributed by atoms with Gasteiger partial charge in [-0.05, 0) is 61.9 Å². The molecule has 0 fully saturated rings. The highest BCUT2D eigenvalue weighted by Gasteiger charge is 2.11. The number of anilines is 1. The monoisotopic (exact) mass is 252 g/mol. The van der Waals surface area contributed by atoms with Crippen molar-refractivity contribution in [3.05, 3.63) is 60.0 Å². The van der Waals surface area contributed by atoms with Crippen LogP contribution in [-0.2, 0) is 0 Å². The molecule has 0 radical (unpaired) electrons. The average Bonchev–Trinajstić information content (AvgIpc) is 3.01. The number of rotatable bonds is 2. The van der Waals surface area contributed by atoms with Gasteiger partial charge >= 0.3 is 0 Å². The molecule has 2 N–H and O–H groups in total. The summed E-state index contributed by atoms with van der Waals surface area (Å²) in [6.07, 6.45) is 1.69. The van der Waals surface area contributed by atoms with Gasteiger partial charge in [-0.2, -0.15) is 0 Å². The topological polar surface area (TPSA) is 44.1 Å². The van der Waals surface area contributed by atoms with E-state index in [0.717, 1.165) is 34.1 Å². The maximum Gasteiger partial charge on any atom is 0.150 e. The summed E-state index contributed by atoms with van der Waals surface area (Å²) < 4.78 is 7.68. The lowest BCUT2D eigenvalue weighted by atomic mass is 10.1. The minimum absolute atomic E-state index is 0.813. The molecular weight excluding hydrogens is 236 g/mol. The number of furan rings is 1. The zero-order chi connectivity index (χ0) is 13.4. The van der Waals surface area contributed by atoms with Gasteiger partial charge in [0, 0.05) is 17.1 Å². The molecule has 3 nitrogen and oxygen atoms in total. The third-order valence-corrected chi connectivity index (χ3v) is 3.36. The van der Waals surface area contributed by atoms with Crippen LogP contribution in [0.15, 0.2) is 53.1 Å². The molecule has 0 bridgehead atoms. The Morgan fingerprint density at radius 1 is 1.05 bits per heavy atom. The molecule has 0 saturated carbocycles. The zero-order valence-corrected chi connectivity index (χ0v) is 11.1. The fourth-order valence-electron chi connectivity index (χ4n) is 2.30. The van der Waals surface area contributed by atoms with Crippen LogP contribution in [0.25, 0.3) is 17.1 Å². The molecule has 19 heavy (non-hydrogen) atoms. The van der Waals surface area contributed by atoms with E-state index in [0.29, 0.717) is 0 Å². The maximum absolute atomic E-state index is 5.89. The van der Waals surface area contributed by atoms with Crippen molar-refractivity contribution in [3.63, 3.8) is 0 Å². The van der Waals surface area contributed by atoms with Gasteiger partial charge in [-0.15, -0.1) is 0 Å². The Morgan fingerprint density at radius 2 is 1.89 bits per heavy atom. The maximum atomic E-state index is 5.89. The number of hydrogen-bond acceptors (Lipinski definition) is 2. The molecule has 0 aliphatic rings. The summed E-state index contributed by atoms with van der Waals surface area (Å²) in [6, 6.07) is 14.1. The fourth-order valence-corrected chi connectivity index (χ4v) is 2.30. The summed E-state index contributed by atoms with van der Waals surface area (Å²) in [6.45, 7) is 4.10. The van der Waals surface area contributed by atoms with Crippen molar-refractivity contribution in [2.45, 2.75) is 13.8 Å². The van der Waals surface area contributed by atoms with Crippen molar-refractivity contribution in [1.82, 2.24) is 4.57 Å². The van der Waals surface area contributed by atoms with Crippen LogP contribution in [0.2, 0.25) is 0 Å². The summed E-state index contributed by atoms with van der Waals surface area (Å²) in [7, 11) is 0. The van der Waals surface area contributed by atoms with Crippen LogP contribution >= 0.6 is 0 Å². The molecule has 0 spiro atoms. The number of aryl methyl sites for hydroxylation is 2. The SMILES string of the molecule is Cc1cc(-n2c(C)ccc2-c2ccco2)ccc1N. The van der Waals surface area contributed by atoms with E-state index < -0.39 is 0 Å². The summed E-state index contributed by atoms with van der Waals surface area (Å²) in [4.78, 5) is 0. The predicted molar refractivity (Wildman–Crippen MR) is 77.4 cm³/mol. The van der Waals surface area contributed by atoms with Gasteiger partial charge in [-0.25, -0.2) is 0 Å². The number of nitrogens with two attached hydrogens (primary N) is 1. The Kier molecular flexibility index (Phi) is 2.67. The first-order chi connectivity index (χ1) is 9.16. The average molecular weight is 252 g/mol. The van der Waals surface area contributed by atoms with Gasteiger partial charge in [0.2, 0.25) is 0 Å². The highest BCUT2D eigenvalue weighted by Crippen LogP contribution is 2.28. The number of aromatic nitrogens is 1. The van der Waals surface area contributed by atoms with Gasteiger partial charge in [0.15, 0.2) is 5.76 Å². The molecule has 3 rings (SSSR count). The second-order valence-electron chi connectivity index (χ2n) is 4.71. The van der Waals surface area contributed by atoms with Crippen molar-refractivity contribution in [2.24, 2.45) is 0 Å². The van der Waals surface area contributed by atoms with Gasteiger partial charge < -0.3 is 14.7 Å². The normalized spacial score (nSPS) is 10.8. The van der Waals surface area contributed by atoms with Crippen LogP contribution in [0.5, 0.6) is 0 Å². The van der Waals surface area contributed by atoms with E-state index >= 15 is 0 Å². The lowest BCUT2D eigenvalue weighted by Gasteiger charge is -2.12. The fraction of sp³-hybridized carbons (Fsp3) is 0.125. The molecule has 0 unspecified atom stereocenters. The molecule has 96 valence electrons. The third-order valence-electron chi connectivity index (χ3n) is 3.36. The van der Waals surface area contributed by atoms with Gasteiger partial charge in [-0.3, -0.25) is 0 Å². The molecule has 0 amide bonds. The largest absolute Gasteiger partial charge is 0.463 e. The van der Waals surface area contributed by atoms with E-state index in [9.17, 15) is 0 Å². The Labute approximate surface area is 112 Å². The van der Waals surface area contributed by atoms with E-state index in [-0.39, 0.29) is 0 Å². The lowest BCUT2D eigenvalue weighted by Crippen LogP contribution is -2.00. The Bertz CT molecular complexity index is 708. The predicted octanol–water partition coefficient (Wildman–Crippen LogP) is 3.94. The number of benzene rings is 1. The van der Waals surface area contributed by atoms with Crippen LogP contribution in [0.3, 0.4) is 0 Å². The first kappa shape index (κ1) is 11.7. The molecule has 1 aromatic carbocycles. The lowest BCUT2D eigenvalue weighted by molar-refractivity contribution is 0.578. The van der Waals surface area contributed by atoms with Crippen LogP contribution < -0.4 is 5.73 Å². The van der Waals surface area contributed by atoms with E-state index in [1.165, 1.54) is 0 Å². The van der Waals surface area contributed by atoms with Crippen molar-refractivity contribution >= 4 is 5.69 Å². The van der Waals surface area contributed by atoms with Crippen molar-refractivity contribution in [3.8, 4) is 17.1 Å². The highest BCUT2D eigenvalue weighted by atomic mass is 16.3. The van der Waals surface area contributed by atoms with Gasteiger partial charge in [-0.1, -0.05) is 0 Å². The summed E-state index contributed by atoms with van der Waals surface area (Å²) in [5, 5.41) is 0. The van der Waals surface area contributed by atoms with Crippen LogP contribution in [0, 0.1) is 13.8 Å². The van der Waals surface area contributed by atoms with E-state index in [1.807, 2.05) is 31.2 Å². The quantitative estimate of drug-likeness (QED) is 0.702. The van der Waals surface area contributed by atoms with Gasteiger partial charge in [0.05, 0.1) is 12.0 Å². The molecule has 0 aliphatic heterocycles. The smallest absolute Gasteiger partial charge is 0.150 e. The zero-order valence-electron chi connectivity index (χ0n) is 11.1. The van der Waals surface area contributed by atoms with E-state index in [1.54, 1.807) is 6.26 Å². The second-order valence-corrected chi connectivity index (χ2v) is 4.71. The van der Waals surface area contributed by atoms with Crippen molar-refractivity contribution in [1.29, 1.82) is 0 Å². The summed E-state index contributed by atoms with van der Waals surface area (Å²) >= 11 is 0. The molecule has 0 aliphatic carbocycles. The van der Waals surface area contributed by atoms with Crippen molar-refractivity contribution in [2.75, 3.05) is 5.73 Å². The molecule has 2 heterocycles. The molecule has 3 aromatic rings. The molecule has 0 saturated heterocycles. The standard InChI is InChI=1S/C16H16N2O/c1-11-10-13(6-7-14(11)17)18-12(2)5-8-15(18)16-4-3-9-19-16/h3-10H,17H2,1-2H3. The molecule has 0 atom stereocenters. The number of nitrogens with zero attached hydrogens (tertiary/aromatic N) is 1. The minimum Gasteiger partial charge on any atom is -0.463 e.